The van der Waals surface area contributed by atoms with Crippen LogP contribution in [0.4, 0.5) is 0 Å². The zero-order chi connectivity index (χ0) is 15.6. The van der Waals surface area contributed by atoms with Gasteiger partial charge in [0.2, 0.25) is 10.0 Å². The molecule has 0 unspecified atom stereocenters. The minimum atomic E-state index is -3.48. The lowest BCUT2D eigenvalue weighted by atomic mass is 10.0. The fourth-order valence-corrected chi connectivity index (χ4v) is 3.69. The summed E-state index contributed by atoms with van der Waals surface area (Å²) in [6.45, 7) is 2.92. The number of rotatable bonds is 4. The van der Waals surface area contributed by atoms with Gasteiger partial charge in [0.25, 0.3) is 0 Å². The minimum Gasteiger partial charge on any atom is -0.493 e. The lowest BCUT2D eigenvalue weighted by molar-refractivity contribution is 0.288. The van der Waals surface area contributed by atoms with Gasteiger partial charge in [0.1, 0.15) is 5.75 Å². The maximum absolute atomic E-state index is 12.3. The Labute approximate surface area is 131 Å². The predicted octanol–water partition coefficient (Wildman–Crippen LogP) is 2.80. The van der Waals surface area contributed by atoms with E-state index in [1.165, 1.54) is 0 Å². The van der Waals surface area contributed by atoms with Crippen LogP contribution in [-0.2, 0) is 23.0 Å². The van der Waals surface area contributed by atoms with Crippen molar-refractivity contribution in [3.05, 3.63) is 59.2 Å². The Morgan fingerprint density at radius 3 is 2.86 bits per heavy atom. The molecule has 0 amide bonds. The monoisotopic (exact) mass is 317 g/mol. The van der Waals surface area contributed by atoms with Gasteiger partial charge >= 0.3 is 0 Å². The molecule has 0 bridgehead atoms. The Kier molecular flexibility index (Phi) is 4.18. The number of sulfonamides is 1. The number of benzene rings is 2. The van der Waals surface area contributed by atoms with Crippen molar-refractivity contribution in [2.24, 2.45) is 0 Å². The Bertz CT molecular complexity index is 784. The fraction of sp³-hybridized carbons (Fsp3) is 0.294. The standard InChI is InChI=1S/C17H19NO3S/c1-13-4-2-6-16(10-13)22(19,20)18-12-14-7-8-17-15(11-14)5-3-9-21-17/h2,4,6-8,10-11,18H,3,5,9,12H2,1H3. The van der Waals surface area contributed by atoms with Crippen LogP contribution < -0.4 is 9.46 Å². The second-order valence-electron chi connectivity index (χ2n) is 5.54. The highest BCUT2D eigenvalue weighted by atomic mass is 32.2. The SMILES string of the molecule is Cc1cccc(S(=O)(=O)NCc2ccc3c(c2)CCCO3)c1. The van der Waals surface area contributed by atoms with Crippen LogP contribution in [0.3, 0.4) is 0 Å². The minimum absolute atomic E-state index is 0.281. The lowest BCUT2D eigenvalue weighted by Gasteiger charge is -2.18. The number of hydrogen-bond donors (Lipinski definition) is 1. The maximum Gasteiger partial charge on any atom is 0.240 e. The van der Waals surface area contributed by atoms with Crippen LogP contribution in [0, 0.1) is 6.92 Å². The van der Waals surface area contributed by atoms with E-state index in [-0.39, 0.29) is 6.54 Å². The molecule has 0 spiro atoms. The molecule has 0 aromatic heterocycles. The number of fused-ring (bicyclic) bond motifs is 1. The van der Waals surface area contributed by atoms with Gasteiger partial charge in [0.15, 0.2) is 0 Å². The molecule has 0 saturated heterocycles. The first kappa shape index (κ1) is 15.1. The van der Waals surface area contributed by atoms with E-state index in [2.05, 4.69) is 4.72 Å². The molecule has 1 heterocycles. The highest BCUT2D eigenvalue weighted by Gasteiger charge is 2.15. The van der Waals surface area contributed by atoms with Gasteiger partial charge in [-0.2, -0.15) is 0 Å². The van der Waals surface area contributed by atoms with E-state index in [0.717, 1.165) is 41.9 Å². The average molecular weight is 317 g/mol. The normalized spacial score (nSPS) is 14.2. The van der Waals surface area contributed by atoms with Crippen LogP contribution in [0.1, 0.15) is 23.1 Å². The molecule has 1 N–H and O–H groups in total. The maximum atomic E-state index is 12.3. The first-order chi connectivity index (χ1) is 10.5. The van der Waals surface area contributed by atoms with E-state index in [1.54, 1.807) is 18.2 Å². The Morgan fingerprint density at radius 2 is 2.05 bits per heavy atom. The van der Waals surface area contributed by atoms with E-state index < -0.39 is 10.0 Å². The van der Waals surface area contributed by atoms with Gasteiger partial charge in [0, 0.05) is 6.54 Å². The summed E-state index contributed by atoms with van der Waals surface area (Å²) < 4.78 is 32.8. The summed E-state index contributed by atoms with van der Waals surface area (Å²) in [5.41, 5.74) is 3.02. The predicted molar refractivity (Wildman–Crippen MR) is 85.5 cm³/mol. The van der Waals surface area contributed by atoms with Crippen LogP contribution in [0.15, 0.2) is 47.4 Å². The Morgan fingerprint density at radius 1 is 1.18 bits per heavy atom. The van der Waals surface area contributed by atoms with Gasteiger partial charge in [0.05, 0.1) is 11.5 Å². The molecule has 1 aliphatic heterocycles. The molecule has 0 radical (unpaired) electrons. The summed E-state index contributed by atoms with van der Waals surface area (Å²) in [6, 6.07) is 12.8. The van der Waals surface area contributed by atoms with Crippen molar-refractivity contribution in [1.82, 2.24) is 4.72 Å². The molecule has 3 rings (SSSR count). The third-order valence-electron chi connectivity index (χ3n) is 3.74. The number of nitrogens with one attached hydrogen (secondary N) is 1. The number of ether oxygens (including phenoxy) is 1. The molecule has 2 aromatic rings. The molecular weight excluding hydrogens is 298 g/mol. The van der Waals surface area contributed by atoms with Crippen molar-refractivity contribution in [1.29, 1.82) is 0 Å². The molecule has 0 saturated carbocycles. The Balaban J connectivity index is 1.74. The van der Waals surface area contributed by atoms with E-state index in [4.69, 9.17) is 4.74 Å². The lowest BCUT2D eigenvalue weighted by Crippen LogP contribution is -2.23. The van der Waals surface area contributed by atoms with Crippen molar-refractivity contribution in [2.45, 2.75) is 31.2 Å². The van der Waals surface area contributed by atoms with Crippen LogP contribution in [-0.4, -0.2) is 15.0 Å². The topological polar surface area (TPSA) is 55.4 Å². The van der Waals surface area contributed by atoms with Crippen molar-refractivity contribution >= 4 is 10.0 Å². The summed E-state index contributed by atoms with van der Waals surface area (Å²) in [5, 5.41) is 0. The first-order valence-electron chi connectivity index (χ1n) is 7.35. The summed E-state index contributed by atoms with van der Waals surface area (Å²) in [7, 11) is -3.48. The molecule has 1 aliphatic rings. The van der Waals surface area contributed by atoms with E-state index in [9.17, 15) is 8.42 Å². The van der Waals surface area contributed by atoms with Gasteiger partial charge in [-0.15, -0.1) is 0 Å². The molecule has 4 nitrogen and oxygen atoms in total. The van der Waals surface area contributed by atoms with Crippen molar-refractivity contribution < 1.29 is 13.2 Å². The van der Waals surface area contributed by atoms with Gasteiger partial charge in [-0.3, -0.25) is 0 Å². The van der Waals surface area contributed by atoms with Crippen LogP contribution in [0.2, 0.25) is 0 Å². The molecular formula is C17H19NO3S. The van der Waals surface area contributed by atoms with E-state index in [1.807, 2.05) is 31.2 Å². The molecule has 5 heteroatoms. The van der Waals surface area contributed by atoms with E-state index in [0.29, 0.717) is 4.90 Å². The third kappa shape index (κ3) is 3.31. The molecule has 0 atom stereocenters. The van der Waals surface area contributed by atoms with Crippen LogP contribution >= 0.6 is 0 Å². The van der Waals surface area contributed by atoms with Gasteiger partial charge in [-0.1, -0.05) is 24.3 Å². The van der Waals surface area contributed by atoms with Crippen LogP contribution in [0.25, 0.3) is 0 Å². The largest absolute Gasteiger partial charge is 0.493 e. The van der Waals surface area contributed by atoms with Gasteiger partial charge in [-0.05, 0) is 54.7 Å². The third-order valence-corrected chi connectivity index (χ3v) is 5.14. The van der Waals surface area contributed by atoms with Crippen molar-refractivity contribution in [3.63, 3.8) is 0 Å². The highest BCUT2D eigenvalue weighted by Crippen LogP contribution is 2.25. The summed E-state index contributed by atoms with van der Waals surface area (Å²) in [5.74, 6) is 0.913. The van der Waals surface area contributed by atoms with Crippen molar-refractivity contribution in [3.8, 4) is 5.75 Å². The zero-order valence-corrected chi connectivity index (χ0v) is 13.3. The number of aryl methyl sites for hydroxylation is 2. The summed E-state index contributed by atoms with van der Waals surface area (Å²) in [4.78, 5) is 0.300. The first-order valence-corrected chi connectivity index (χ1v) is 8.84. The molecule has 2 aromatic carbocycles. The molecule has 116 valence electrons. The Hall–Kier alpha value is -1.85. The quantitative estimate of drug-likeness (QED) is 0.943. The fourth-order valence-electron chi connectivity index (χ4n) is 2.57. The van der Waals surface area contributed by atoms with E-state index >= 15 is 0 Å². The summed E-state index contributed by atoms with van der Waals surface area (Å²) in [6.07, 6.45) is 1.99. The van der Waals surface area contributed by atoms with Crippen LogP contribution in [0.5, 0.6) is 5.75 Å². The zero-order valence-electron chi connectivity index (χ0n) is 12.5. The van der Waals surface area contributed by atoms with Gasteiger partial charge < -0.3 is 4.74 Å². The molecule has 0 fully saturated rings. The second kappa shape index (κ2) is 6.10. The summed E-state index contributed by atoms with van der Waals surface area (Å²) >= 11 is 0. The average Bonchev–Trinajstić information content (AvgIpc) is 2.53. The number of hydrogen-bond acceptors (Lipinski definition) is 3. The molecule has 22 heavy (non-hydrogen) atoms. The highest BCUT2D eigenvalue weighted by molar-refractivity contribution is 7.89. The van der Waals surface area contributed by atoms with Crippen molar-refractivity contribution in [2.75, 3.05) is 6.61 Å². The smallest absolute Gasteiger partial charge is 0.240 e. The van der Waals surface area contributed by atoms with Gasteiger partial charge in [-0.25, -0.2) is 13.1 Å². The molecule has 0 aliphatic carbocycles. The second-order valence-corrected chi connectivity index (χ2v) is 7.30.